The lowest BCUT2D eigenvalue weighted by atomic mass is 10.1. The minimum absolute atomic E-state index is 1.28. The van der Waals surface area contributed by atoms with Gasteiger partial charge in [0.2, 0.25) is 0 Å². The van der Waals surface area contributed by atoms with Crippen molar-refractivity contribution in [1.82, 2.24) is 0 Å². The van der Waals surface area contributed by atoms with Crippen molar-refractivity contribution in [3.05, 3.63) is 60.7 Å². The van der Waals surface area contributed by atoms with Crippen molar-refractivity contribution in [2.75, 3.05) is 21.3 Å². The lowest BCUT2D eigenvalue weighted by molar-refractivity contribution is 0.163. The molecule has 0 spiro atoms. The van der Waals surface area contributed by atoms with E-state index in [4.69, 9.17) is 13.3 Å². The lowest BCUT2D eigenvalue weighted by Crippen LogP contribution is -2.21. The van der Waals surface area contributed by atoms with Gasteiger partial charge in [0.25, 0.3) is 0 Å². The largest absolute Gasteiger partial charge is 0.483 e. The summed E-state index contributed by atoms with van der Waals surface area (Å²) in [5.41, 5.74) is 2.55. The Bertz CT molecular complexity index is 387. The predicted octanol–water partition coefficient (Wildman–Crippen LogP) is 3.00. The van der Waals surface area contributed by atoms with Gasteiger partial charge < -0.3 is 13.3 Å². The van der Waals surface area contributed by atoms with Crippen LogP contribution >= 0.6 is 0 Å². The molecule has 2 aromatic rings. The summed E-state index contributed by atoms with van der Waals surface area (Å²) in [7, 11) is 3.05. The van der Waals surface area contributed by atoms with Crippen LogP contribution < -0.4 is 0 Å². The van der Waals surface area contributed by atoms with Gasteiger partial charge in [0.05, 0.1) is 0 Å². The molecule has 3 nitrogen and oxygen atoms in total. The molecule has 2 rings (SSSR count). The van der Waals surface area contributed by atoms with Crippen molar-refractivity contribution < 1.29 is 13.3 Å². The highest BCUT2D eigenvalue weighted by Gasteiger charge is 2.04. The van der Waals surface area contributed by atoms with E-state index in [-0.39, 0.29) is 0 Å². The summed E-state index contributed by atoms with van der Waals surface area (Å²) in [6, 6.07) is 20.8. The first-order valence-corrected chi connectivity index (χ1v) is 7.42. The van der Waals surface area contributed by atoms with Crippen LogP contribution in [0.25, 0.3) is 11.1 Å². The smallest absolute Gasteiger partial charge is 0.379 e. The molecule has 0 fully saturated rings. The van der Waals surface area contributed by atoms with Gasteiger partial charge in [-0.3, -0.25) is 0 Å². The maximum Gasteiger partial charge on any atom is 0.483 e. The van der Waals surface area contributed by atoms with Gasteiger partial charge in [-0.2, -0.15) is 0 Å². The average molecular weight is 276 g/mol. The zero-order chi connectivity index (χ0) is 13.9. The van der Waals surface area contributed by atoms with Gasteiger partial charge in [0, 0.05) is 21.3 Å². The van der Waals surface area contributed by atoms with Crippen LogP contribution in [-0.4, -0.2) is 30.9 Å². The first-order chi connectivity index (χ1) is 9.31. The van der Waals surface area contributed by atoms with E-state index in [0.29, 0.717) is 0 Å². The van der Waals surface area contributed by atoms with E-state index >= 15 is 0 Å². The summed E-state index contributed by atoms with van der Waals surface area (Å²) in [5.74, 6) is 0. The van der Waals surface area contributed by atoms with Crippen molar-refractivity contribution in [3.63, 3.8) is 0 Å². The van der Waals surface area contributed by atoms with Gasteiger partial charge in [-0.25, -0.2) is 0 Å². The highest BCUT2D eigenvalue weighted by molar-refractivity contribution is 6.36. The highest BCUT2D eigenvalue weighted by Crippen LogP contribution is 2.17. The maximum absolute atomic E-state index is 4.74. The van der Waals surface area contributed by atoms with Gasteiger partial charge in [-0.05, 0) is 11.1 Å². The molecule has 0 aliphatic heterocycles. The van der Waals surface area contributed by atoms with Crippen LogP contribution in [0.4, 0.5) is 0 Å². The Kier molecular flexibility index (Phi) is 7.77. The molecule has 0 radical (unpaired) electrons. The molecule has 0 unspecified atom stereocenters. The zero-order valence-corrected chi connectivity index (χ0v) is 12.7. The van der Waals surface area contributed by atoms with Crippen molar-refractivity contribution in [1.29, 1.82) is 0 Å². The van der Waals surface area contributed by atoms with E-state index in [0.717, 1.165) is 0 Å². The molecule has 19 heavy (non-hydrogen) atoms. The van der Waals surface area contributed by atoms with Gasteiger partial charge in [0.15, 0.2) is 0 Å². The maximum atomic E-state index is 4.74. The number of hydrogen-bond acceptors (Lipinski definition) is 3. The molecule has 102 valence electrons. The summed E-state index contributed by atoms with van der Waals surface area (Å²) in [6.07, 6.45) is 0. The molecule has 0 heterocycles. The molecule has 0 aliphatic carbocycles. The lowest BCUT2D eigenvalue weighted by Gasteiger charge is -2.05. The molecular weight excluding hydrogens is 256 g/mol. The summed E-state index contributed by atoms with van der Waals surface area (Å²) in [4.78, 5) is 0. The van der Waals surface area contributed by atoms with E-state index in [1.807, 2.05) is 12.1 Å². The van der Waals surface area contributed by atoms with E-state index in [1.54, 1.807) is 21.3 Å². The molecular formula is C15H20O3Si. The Morgan fingerprint density at radius 3 is 1.11 bits per heavy atom. The van der Waals surface area contributed by atoms with E-state index in [1.165, 1.54) is 11.1 Å². The SMILES string of the molecule is CO[SiH](OC)OC.c1ccc(-c2ccccc2)cc1. The Morgan fingerprint density at radius 2 is 0.895 bits per heavy atom. The molecule has 0 aromatic heterocycles. The molecule has 0 aliphatic rings. The van der Waals surface area contributed by atoms with E-state index in [9.17, 15) is 0 Å². The highest BCUT2D eigenvalue weighted by atomic mass is 28.3. The van der Waals surface area contributed by atoms with Crippen LogP contribution in [-0.2, 0) is 13.3 Å². The Balaban J connectivity index is 0.000000224. The molecule has 0 saturated heterocycles. The van der Waals surface area contributed by atoms with Crippen LogP contribution in [0.3, 0.4) is 0 Å². The molecule has 0 saturated carbocycles. The second-order valence-corrected chi connectivity index (χ2v) is 5.72. The fourth-order valence-corrected chi connectivity index (χ4v) is 2.13. The normalized spacial score (nSPS) is 9.89. The quantitative estimate of drug-likeness (QED) is 0.804. The third kappa shape index (κ3) is 5.80. The van der Waals surface area contributed by atoms with Gasteiger partial charge in [0.1, 0.15) is 0 Å². The molecule has 0 amide bonds. The van der Waals surface area contributed by atoms with Crippen molar-refractivity contribution >= 4 is 9.53 Å². The van der Waals surface area contributed by atoms with Crippen molar-refractivity contribution in [3.8, 4) is 11.1 Å². The number of rotatable bonds is 4. The van der Waals surface area contributed by atoms with Gasteiger partial charge >= 0.3 is 9.53 Å². The zero-order valence-electron chi connectivity index (χ0n) is 11.6. The first-order valence-electron chi connectivity index (χ1n) is 6.00. The van der Waals surface area contributed by atoms with Crippen LogP contribution in [0.1, 0.15) is 0 Å². The fourth-order valence-electron chi connectivity index (χ4n) is 1.55. The number of hydrogen-bond donors (Lipinski definition) is 0. The second-order valence-electron chi connectivity index (χ2n) is 3.73. The predicted molar refractivity (Wildman–Crippen MR) is 80.1 cm³/mol. The summed E-state index contributed by atoms with van der Waals surface area (Å²) >= 11 is 0. The molecule has 0 atom stereocenters. The monoisotopic (exact) mass is 276 g/mol. The standard InChI is InChI=1S/C12H10.C3H10O3Si/c1-3-7-11(8-4-1)12-9-5-2-6-10-12;1-4-7(5-2)6-3/h1-10H;7H,1-3H3. The van der Waals surface area contributed by atoms with Crippen LogP contribution in [0, 0.1) is 0 Å². The average Bonchev–Trinajstić information content (AvgIpc) is 2.51. The van der Waals surface area contributed by atoms with Crippen LogP contribution in [0.15, 0.2) is 60.7 Å². The summed E-state index contributed by atoms with van der Waals surface area (Å²) < 4.78 is 14.2. The van der Waals surface area contributed by atoms with Crippen molar-refractivity contribution in [2.45, 2.75) is 0 Å². The first kappa shape index (κ1) is 15.6. The van der Waals surface area contributed by atoms with Gasteiger partial charge in [-0.15, -0.1) is 0 Å². The van der Waals surface area contributed by atoms with Crippen molar-refractivity contribution in [2.24, 2.45) is 0 Å². The Hall–Kier alpha value is -1.46. The molecule has 0 bridgehead atoms. The summed E-state index contributed by atoms with van der Waals surface area (Å²) in [6.45, 7) is 0. The Morgan fingerprint density at radius 1 is 0.579 bits per heavy atom. The van der Waals surface area contributed by atoms with Gasteiger partial charge in [-0.1, -0.05) is 60.7 Å². The van der Waals surface area contributed by atoms with Crippen LogP contribution in [0.2, 0.25) is 0 Å². The third-order valence-corrected chi connectivity index (χ3v) is 3.61. The Labute approximate surface area is 116 Å². The fraction of sp³-hybridized carbons (Fsp3) is 0.200. The third-order valence-electron chi connectivity index (χ3n) is 2.46. The molecule has 4 heteroatoms. The molecule has 0 N–H and O–H groups in total. The topological polar surface area (TPSA) is 27.7 Å². The summed E-state index contributed by atoms with van der Waals surface area (Å²) in [5, 5.41) is 0. The van der Waals surface area contributed by atoms with E-state index < -0.39 is 9.53 Å². The minimum atomic E-state index is -1.67. The minimum Gasteiger partial charge on any atom is -0.379 e. The molecule has 2 aromatic carbocycles. The van der Waals surface area contributed by atoms with Crippen LogP contribution in [0.5, 0.6) is 0 Å². The van der Waals surface area contributed by atoms with E-state index in [2.05, 4.69) is 48.5 Å². The second kappa shape index (κ2) is 9.46. The number of benzene rings is 2.